The van der Waals surface area contributed by atoms with E-state index in [0.717, 1.165) is 44.8 Å². The second kappa shape index (κ2) is 10.1. The van der Waals surface area contributed by atoms with Gasteiger partial charge in [0.15, 0.2) is 28.2 Å². The Bertz CT molecular complexity index is 788. The lowest BCUT2D eigenvalue weighted by molar-refractivity contribution is -0.398. The summed E-state index contributed by atoms with van der Waals surface area (Å²) in [6.45, 7) is 25.6. The second-order valence-electron chi connectivity index (χ2n) is 14.7. The van der Waals surface area contributed by atoms with Crippen molar-refractivity contribution in [3.8, 4) is 0 Å². The largest absolute Gasteiger partial charge is 0.414 e. The zero-order valence-corrected chi connectivity index (χ0v) is 27.0. The van der Waals surface area contributed by atoms with Gasteiger partial charge in [-0.3, -0.25) is 0 Å². The summed E-state index contributed by atoms with van der Waals surface area (Å²) >= 11 is 0. The lowest BCUT2D eigenvalue weighted by Gasteiger charge is -2.55. The Labute approximate surface area is 222 Å². The summed E-state index contributed by atoms with van der Waals surface area (Å²) in [5.41, 5.74) is -0.590. The minimum absolute atomic E-state index is 0.0185. The highest BCUT2D eigenvalue weighted by Crippen LogP contribution is 2.56. The van der Waals surface area contributed by atoms with Crippen molar-refractivity contribution in [1.29, 1.82) is 0 Å². The molecule has 0 saturated carbocycles. The highest BCUT2D eigenvalue weighted by molar-refractivity contribution is 6.74. The highest BCUT2D eigenvalue weighted by atomic mass is 28.4. The van der Waals surface area contributed by atoms with E-state index >= 15 is 0 Å². The molecule has 8 heteroatoms. The number of carbonyl (C=O) groups is 1. The topological polar surface area (TPSA) is 63.2 Å². The van der Waals surface area contributed by atoms with Gasteiger partial charge < -0.3 is 27.9 Å². The third kappa shape index (κ3) is 6.05. The first-order chi connectivity index (χ1) is 16.3. The minimum Gasteiger partial charge on any atom is -0.414 e. The maximum absolute atomic E-state index is 11.4. The van der Waals surface area contributed by atoms with Crippen LogP contribution < -0.4 is 0 Å². The van der Waals surface area contributed by atoms with E-state index in [4.69, 9.17) is 23.1 Å². The SMILES string of the molecule is CC(C)(C)[Si](C)(C)OC[C@@H]1CCC[C@]2(CC[C@]3(O[C@@H](CC=O)CC[C@]3(C)O[Si](C)(C)C(C)(C)C)O2)O1. The van der Waals surface area contributed by atoms with Crippen molar-refractivity contribution in [3.63, 3.8) is 0 Å². The van der Waals surface area contributed by atoms with Gasteiger partial charge in [0, 0.05) is 25.7 Å². The van der Waals surface area contributed by atoms with Gasteiger partial charge in [-0.05, 0) is 68.9 Å². The van der Waals surface area contributed by atoms with E-state index in [0.29, 0.717) is 19.4 Å². The maximum atomic E-state index is 11.4. The van der Waals surface area contributed by atoms with Crippen molar-refractivity contribution in [1.82, 2.24) is 0 Å². The Morgan fingerprint density at radius 1 is 0.861 bits per heavy atom. The predicted octanol–water partition coefficient (Wildman–Crippen LogP) is 7.33. The first-order valence-corrected chi connectivity index (χ1v) is 19.9. The smallest absolute Gasteiger partial charge is 0.199 e. The Morgan fingerprint density at radius 3 is 2.08 bits per heavy atom. The first kappa shape index (κ1) is 30.4. The Hall–Kier alpha value is -0.0962. The second-order valence-corrected chi connectivity index (χ2v) is 24.3. The minimum atomic E-state index is -2.11. The van der Waals surface area contributed by atoms with Crippen molar-refractivity contribution in [2.75, 3.05) is 6.61 Å². The van der Waals surface area contributed by atoms with Crippen LogP contribution in [0.4, 0.5) is 0 Å². The molecule has 5 atom stereocenters. The van der Waals surface area contributed by atoms with E-state index in [-0.39, 0.29) is 22.3 Å². The van der Waals surface area contributed by atoms with Crippen LogP contribution >= 0.6 is 0 Å². The van der Waals surface area contributed by atoms with E-state index in [1.165, 1.54) is 0 Å². The van der Waals surface area contributed by atoms with E-state index in [1.54, 1.807) is 0 Å². The van der Waals surface area contributed by atoms with Crippen LogP contribution in [-0.2, 0) is 27.9 Å². The molecule has 3 heterocycles. The maximum Gasteiger partial charge on any atom is 0.199 e. The van der Waals surface area contributed by atoms with Crippen LogP contribution in [0.15, 0.2) is 0 Å². The molecule has 0 unspecified atom stereocenters. The molecule has 0 aromatic heterocycles. The standard InChI is InChI=1S/C28H54O6Si2/c1-24(2,3)35(8,9)30-21-23-13-12-16-27(31-23)18-19-28(33-27)26(7,17-14-22(32-28)15-20-29)34-36(10,11)25(4,5)6/h20,22-23H,12-19,21H2,1-11H3/t22-,23+,26+,27+,28+/m1/s1. The molecule has 6 nitrogen and oxygen atoms in total. The summed E-state index contributed by atoms with van der Waals surface area (Å²) in [4.78, 5) is 11.4. The van der Waals surface area contributed by atoms with E-state index in [2.05, 4.69) is 74.7 Å². The van der Waals surface area contributed by atoms with Crippen LogP contribution in [-0.4, -0.2) is 58.9 Å². The molecule has 0 radical (unpaired) electrons. The Morgan fingerprint density at radius 2 is 1.50 bits per heavy atom. The van der Waals surface area contributed by atoms with Gasteiger partial charge in [-0.25, -0.2) is 0 Å². The third-order valence-corrected chi connectivity index (χ3v) is 18.9. The molecule has 3 fully saturated rings. The highest BCUT2D eigenvalue weighted by Gasteiger charge is 2.65. The average molecular weight is 543 g/mol. The van der Waals surface area contributed by atoms with Crippen LogP contribution in [0.2, 0.25) is 36.3 Å². The van der Waals surface area contributed by atoms with Gasteiger partial charge in [0.25, 0.3) is 0 Å². The fourth-order valence-corrected chi connectivity index (χ4v) is 8.05. The van der Waals surface area contributed by atoms with Crippen LogP contribution in [0.25, 0.3) is 0 Å². The van der Waals surface area contributed by atoms with Crippen LogP contribution in [0.5, 0.6) is 0 Å². The van der Waals surface area contributed by atoms with Gasteiger partial charge in [-0.1, -0.05) is 41.5 Å². The lowest BCUT2D eigenvalue weighted by Crippen LogP contribution is -2.65. The summed E-state index contributed by atoms with van der Waals surface area (Å²) in [6.07, 6.45) is 7.19. The van der Waals surface area contributed by atoms with E-state index in [9.17, 15) is 4.79 Å². The van der Waals surface area contributed by atoms with Gasteiger partial charge in [0.05, 0.1) is 18.8 Å². The number of carbonyl (C=O) groups excluding carboxylic acids is 1. The fourth-order valence-electron chi connectivity index (χ4n) is 5.33. The molecule has 3 rings (SSSR count). The zero-order valence-electron chi connectivity index (χ0n) is 25.0. The first-order valence-electron chi connectivity index (χ1n) is 14.1. The van der Waals surface area contributed by atoms with Gasteiger partial charge in [-0.2, -0.15) is 0 Å². The average Bonchev–Trinajstić information content (AvgIpc) is 3.07. The van der Waals surface area contributed by atoms with Crippen molar-refractivity contribution in [2.24, 2.45) is 0 Å². The summed E-state index contributed by atoms with van der Waals surface area (Å²) in [6, 6.07) is 0. The molecule has 36 heavy (non-hydrogen) atoms. The molecule has 3 aliphatic heterocycles. The monoisotopic (exact) mass is 542 g/mol. The third-order valence-electron chi connectivity index (χ3n) is 9.84. The molecular formula is C28H54O6Si2. The molecule has 3 saturated heterocycles. The van der Waals surface area contributed by atoms with E-state index < -0.39 is 33.8 Å². The predicted molar refractivity (Wildman–Crippen MR) is 149 cm³/mol. The molecule has 0 aliphatic carbocycles. The number of hydrogen-bond donors (Lipinski definition) is 0. The number of rotatable bonds is 7. The molecule has 210 valence electrons. The quantitative estimate of drug-likeness (QED) is 0.248. The molecule has 0 amide bonds. The van der Waals surface area contributed by atoms with Crippen LogP contribution in [0.3, 0.4) is 0 Å². The molecule has 0 aromatic carbocycles. The van der Waals surface area contributed by atoms with Gasteiger partial charge in [-0.15, -0.1) is 0 Å². The summed E-state index contributed by atoms with van der Waals surface area (Å²) in [7, 11) is -3.97. The Balaban J connectivity index is 1.82. The molecule has 0 bridgehead atoms. The van der Waals surface area contributed by atoms with Crippen LogP contribution in [0.1, 0.15) is 99.8 Å². The number of hydrogen-bond acceptors (Lipinski definition) is 6. The molecular weight excluding hydrogens is 488 g/mol. The fraction of sp³-hybridized carbons (Fsp3) is 0.964. The summed E-state index contributed by atoms with van der Waals surface area (Å²) in [5, 5.41) is 0.236. The van der Waals surface area contributed by atoms with Crippen molar-refractivity contribution < 1.29 is 27.9 Å². The lowest BCUT2D eigenvalue weighted by atomic mass is 9.83. The van der Waals surface area contributed by atoms with Crippen LogP contribution in [0, 0.1) is 0 Å². The van der Waals surface area contributed by atoms with Crippen molar-refractivity contribution in [2.45, 2.75) is 165 Å². The summed E-state index contributed by atoms with van der Waals surface area (Å²) < 4.78 is 34.1. The molecule has 0 N–H and O–H groups in total. The van der Waals surface area contributed by atoms with Gasteiger partial charge >= 0.3 is 0 Å². The molecule has 0 aromatic rings. The van der Waals surface area contributed by atoms with Crippen molar-refractivity contribution >= 4 is 22.9 Å². The molecule has 2 spiro atoms. The number of ether oxygens (including phenoxy) is 3. The summed E-state index contributed by atoms with van der Waals surface area (Å²) in [5.74, 6) is -1.59. The van der Waals surface area contributed by atoms with Crippen molar-refractivity contribution in [3.05, 3.63) is 0 Å². The zero-order chi connectivity index (χ0) is 27.3. The number of aldehydes is 1. The molecule has 3 aliphatic rings. The van der Waals surface area contributed by atoms with E-state index in [1.807, 2.05) is 0 Å². The van der Waals surface area contributed by atoms with Gasteiger partial charge in [0.2, 0.25) is 0 Å². The Kier molecular flexibility index (Phi) is 8.57. The van der Waals surface area contributed by atoms with Gasteiger partial charge in [0.1, 0.15) is 11.9 Å². The normalized spacial score (nSPS) is 36.5.